The molecule has 1 aromatic carbocycles. The van der Waals surface area contributed by atoms with Crippen molar-refractivity contribution < 1.29 is 9.53 Å². The summed E-state index contributed by atoms with van der Waals surface area (Å²) in [6.07, 6.45) is 2.04. The highest BCUT2D eigenvalue weighted by atomic mass is 79.9. The number of benzene rings is 1. The van der Waals surface area contributed by atoms with Crippen molar-refractivity contribution in [2.75, 3.05) is 13.7 Å². The number of nitrogens with one attached hydrogen (secondary N) is 1. The van der Waals surface area contributed by atoms with Gasteiger partial charge in [-0.25, -0.2) is 4.79 Å². The zero-order valence-corrected chi connectivity index (χ0v) is 12.5. The molecule has 1 N–H and O–H groups in total. The molecule has 98 valence electrons. The largest absolute Gasteiger partial charge is 0.468 e. The van der Waals surface area contributed by atoms with Gasteiger partial charge in [-0.05, 0) is 31.5 Å². The third kappa shape index (κ3) is 4.63. The molecular formula is C14H18BrNO2. The molecule has 1 atom stereocenters. The van der Waals surface area contributed by atoms with Crippen LogP contribution in [0.15, 0.2) is 40.4 Å². The van der Waals surface area contributed by atoms with Crippen LogP contribution < -0.4 is 5.32 Å². The standard InChI is InChI=1S/C14H18BrNO2/c1-10(2)8-9-16-13(14(17)18-3)11-4-6-12(15)7-5-11/h4-8,13,16H,9H2,1-3H3/t13-/m1/s1. The summed E-state index contributed by atoms with van der Waals surface area (Å²) in [5.74, 6) is -0.278. The molecule has 0 heterocycles. The van der Waals surface area contributed by atoms with Crippen LogP contribution in [0.2, 0.25) is 0 Å². The van der Waals surface area contributed by atoms with Gasteiger partial charge in [0.05, 0.1) is 7.11 Å². The normalized spacial score (nSPS) is 11.8. The maximum absolute atomic E-state index is 11.8. The van der Waals surface area contributed by atoms with Crippen LogP contribution in [0.3, 0.4) is 0 Å². The van der Waals surface area contributed by atoms with Crippen LogP contribution in [0.1, 0.15) is 25.5 Å². The van der Waals surface area contributed by atoms with Gasteiger partial charge in [-0.2, -0.15) is 0 Å². The average molecular weight is 312 g/mol. The summed E-state index contributed by atoms with van der Waals surface area (Å²) >= 11 is 3.37. The number of halogens is 1. The predicted octanol–water partition coefficient (Wildman–Crippen LogP) is 3.22. The van der Waals surface area contributed by atoms with Gasteiger partial charge < -0.3 is 4.74 Å². The number of carbonyl (C=O) groups excluding carboxylic acids is 1. The summed E-state index contributed by atoms with van der Waals surface area (Å²) in [6.45, 7) is 4.68. The minimum atomic E-state index is -0.432. The Labute approximate surface area is 116 Å². The highest BCUT2D eigenvalue weighted by molar-refractivity contribution is 9.10. The number of hydrogen-bond acceptors (Lipinski definition) is 3. The van der Waals surface area contributed by atoms with Gasteiger partial charge in [0, 0.05) is 11.0 Å². The van der Waals surface area contributed by atoms with Gasteiger partial charge in [0.2, 0.25) is 0 Å². The number of allylic oxidation sites excluding steroid dienone is 1. The Morgan fingerprint density at radius 1 is 1.39 bits per heavy atom. The first-order valence-electron chi connectivity index (χ1n) is 5.74. The molecule has 0 amide bonds. The minimum absolute atomic E-state index is 0.278. The van der Waals surface area contributed by atoms with E-state index in [0.29, 0.717) is 6.54 Å². The van der Waals surface area contributed by atoms with Gasteiger partial charge in [-0.15, -0.1) is 0 Å². The van der Waals surface area contributed by atoms with Crippen molar-refractivity contribution in [2.24, 2.45) is 0 Å². The number of hydrogen-bond donors (Lipinski definition) is 1. The third-order valence-corrected chi connectivity index (χ3v) is 3.00. The first kappa shape index (κ1) is 14.9. The second kappa shape index (κ2) is 7.34. The lowest BCUT2D eigenvalue weighted by atomic mass is 10.1. The smallest absolute Gasteiger partial charge is 0.327 e. The monoisotopic (exact) mass is 311 g/mol. The number of methoxy groups -OCH3 is 1. The quantitative estimate of drug-likeness (QED) is 0.670. The van der Waals surface area contributed by atoms with Crippen LogP contribution in [0, 0.1) is 0 Å². The molecule has 1 aromatic rings. The van der Waals surface area contributed by atoms with E-state index in [1.807, 2.05) is 44.2 Å². The molecule has 1 rings (SSSR count). The summed E-state index contributed by atoms with van der Waals surface area (Å²) in [5, 5.41) is 3.17. The summed E-state index contributed by atoms with van der Waals surface area (Å²) < 4.78 is 5.81. The molecular weight excluding hydrogens is 294 g/mol. The Bertz CT molecular complexity index is 422. The van der Waals surface area contributed by atoms with Crippen LogP contribution in [-0.2, 0) is 9.53 Å². The van der Waals surface area contributed by atoms with Gasteiger partial charge in [-0.1, -0.05) is 39.7 Å². The number of ether oxygens (including phenoxy) is 1. The molecule has 3 nitrogen and oxygen atoms in total. The van der Waals surface area contributed by atoms with E-state index in [9.17, 15) is 4.79 Å². The summed E-state index contributed by atoms with van der Waals surface area (Å²) in [6, 6.07) is 7.20. The molecule has 0 saturated carbocycles. The molecule has 0 radical (unpaired) electrons. The third-order valence-electron chi connectivity index (χ3n) is 2.47. The van der Waals surface area contributed by atoms with Crippen molar-refractivity contribution in [2.45, 2.75) is 19.9 Å². The van der Waals surface area contributed by atoms with Crippen LogP contribution in [0.4, 0.5) is 0 Å². The Kier molecular flexibility index (Phi) is 6.09. The molecule has 0 aliphatic carbocycles. The van der Waals surface area contributed by atoms with E-state index >= 15 is 0 Å². The second-order valence-electron chi connectivity index (χ2n) is 4.20. The average Bonchev–Trinajstić information content (AvgIpc) is 2.35. The molecule has 0 aromatic heterocycles. The number of esters is 1. The number of rotatable bonds is 5. The fraction of sp³-hybridized carbons (Fsp3) is 0.357. The zero-order chi connectivity index (χ0) is 13.5. The number of carbonyl (C=O) groups is 1. The van der Waals surface area contributed by atoms with Gasteiger partial charge in [0.1, 0.15) is 6.04 Å². The molecule has 4 heteroatoms. The Balaban J connectivity index is 2.81. The first-order valence-corrected chi connectivity index (χ1v) is 6.54. The van der Waals surface area contributed by atoms with E-state index in [-0.39, 0.29) is 5.97 Å². The Morgan fingerprint density at radius 2 is 2.00 bits per heavy atom. The molecule has 0 spiro atoms. The fourth-order valence-electron chi connectivity index (χ4n) is 1.49. The minimum Gasteiger partial charge on any atom is -0.468 e. The van der Waals surface area contributed by atoms with Crippen LogP contribution in [0.5, 0.6) is 0 Å². The van der Waals surface area contributed by atoms with Crippen LogP contribution >= 0.6 is 15.9 Å². The van der Waals surface area contributed by atoms with E-state index < -0.39 is 6.04 Å². The van der Waals surface area contributed by atoms with Crippen LogP contribution in [0.25, 0.3) is 0 Å². The molecule has 0 aliphatic heterocycles. The van der Waals surface area contributed by atoms with Crippen molar-refractivity contribution >= 4 is 21.9 Å². The lowest BCUT2D eigenvalue weighted by molar-refractivity contribution is -0.143. The summed E-state index contributed by atoms with van der Waals surface area (Å²) in [4.78, 5) is 11.8. The Hall–Kier alpha value is -1.13. The lowest BCUT2D eigenvalue weighted by Crippen LogP contribution is -2.29. The maximum Gasteiger partial charge on any atom is 0.327 e. The van der Waals surface area contributed by atoms with E-state index in [1.165, 1.54) is 12.7 Å². The zero-order valence-electron chi connectivity index (χ0n) is 10.9. The molecule has 0 saturated heterocycles. The molecule has 0 unspecified atom stereocenters. The molecule has 0 bridgehead atoms. The topological polar surface area (TPSA) is 38.3 Å². The van der Waals surface area contributed by atoms with E-state index in [2.05, 4.69) is 21.2 Å². The first-order chi connectivity index (χ1) is 8.54. The van der Waals surface area contributed by atoms with Gasteiger partial charge in [-0.3, -0.25) is 5.32 Å². The van der Waals surface area contributed by atoms with Gasteiger partial charge >= 0.3 is 5.97 Å². The second-order valence-corrected chi connectivity index (χ2v) is 5.11. The summed E-state index contributed by atoms with van der Waals surface area (Å²) in [5.41, 5.74) is 2.11. The van der Waals surface area contributed by atoms with Gasteiger partial charge in [0.25, 0.3) is 0 Å². The van der Waals surface area contributed by atoms with Gasteiger partial charge in [0.15, 0.2) is 0 Å². The molecule has 0 fully saturated rings. The van der Waals surface area contributed by atoms with Crippen molar-refractivity contribution in [3.63, 3.8) is 0 Å². The lowest BCUT2D eigenvalue weighted by Gasteiger charge is -2.16. The summed E-state index contributed by atoms with van der Waals surface area (Å²) in [7, 11) is 1.40. The molecule has 0 aliphatic rings. The maximum atomic E-state index is 11.8. The van der Waals surface area contributed by atoms with Crippen molar-refractivity contribution in [3.05, 3.63) is 46.0 Å². The highest BCUT2D eigenvalue weighted by Gasteiger charge is 2.19. The van der Waals surface area contributed by atoms with Crippen molar-refractivity contribution in [3.8, 4) is 0 Å². The van der Waals surface area contributed by atoms with Crippen LogP contribution in [-0.4, -0.2) is 19.6 Å². The molecule has 18 heavy (non-hydrogen) atoms. The SMILES string of the molecule is COC(=O)[C@H](NCC=C(C)C)c1ccc(Br)cc1. The highest BCUT2D eigenvalue weighted by Crippen LogP contribution is 2.18. The Morgan fingerprint density at radius 3 is 2.50 bits per heavy atom. The van der Waals surface area contributed by atoms with Crippen molar-refractivity contribution in [1.29, 1.82) is 0 Å². The van der Waals surface area contributed by atoms with Crippen molar-refractivity contribution in [1.82, 2.24) is 5.32 Å². The fourth-order valence-corrected chi connectivity index (χ4v) is 1.76. The van der Waals surface area contributed by atoms with E-state index in [0.717, 1.165) is 10.0 Å². The van der Waals surface area contributed by atoms with E-state index in [1.54, 1.807) is 0 Å². The van der Waals surface area contributed by atoms with E-state index in [4.69, 9.17) is 4.74 Å². The predicted molar refractivity (Wildman–Crippen MR) is 76.3 cm³/mol.